The van der Waals surface area contributed by atoms with Crippen LogP contribution in [-0.2, 0) is 0 Å². The summed E-state index contributed by atoms with van der Waals surface area (Å²) >= 11 is 0. The summed E-state index contributed by atoms with van der Waals surface area (Å²) in [6.07, 6.45) is 2.33. The number of benzene rings is 1. The Morgan fingerprint density at radius 1 is 1.32 bits per heavy atom. The van der Waals surface area contributed by atoms with E-state index in [0.717, 1.165) is 37.6 Å². The van der Waals surface area contributed by atoms with Gasteiger partial charge in [0.15, 0.2) is 0 Å². The lowest BCUT2D eigenvalue weighted by atomic mass is 10.0. The van der Waals surface area contributed by atoms with Gasteiger partial charge in [0.2, 0.25) is 0 Å². The maximum atomic E-state index is 5.65. The highest BCUT2D eigenvalue weighted by Crippen LogP contribution is 2.26. The third-order valence-corrected chi connectivity index (χ3v) is 3.58. The van der Waals surface area contributed by atoms with Gasteiger partial charge in [0.05, 0.1) is 12.3 Å². The van der Waals surface area contributed by atoms with Gasteiger partial charge in [-0.25, -0.2) is 0 Å². The van der Waals surface area contributed by atoms with Crippen molar-refractivity contribution in [2.45, 2.75) is 25.8 Å². The van der Waals surface area contributed by atoms with Crippen LogP contribution in [0.2, 0.25) is 0 Å². The molecule has 19 heavy (non-hydrogen) atoms. The molecular weight excluding hydrogens is 238 g/mol. The quantitative estimate of drug-likeness (QED) is 0.823. The second-order valence-corrected chi connectivity index (χ2v) is 4.98. The second-order valence-electron chi connectivity index (χ2n) is 4.98. The van der Waals surface area contributed by atoms with Crippen LogP contribution >= 0.6 is 0 Å². The van der Waals surface area contributed by atoms with E-state index in [4.69, 9.17) is 10.5 Å². The van der Waals surface area contributed by atoms with E-state index < -0.39 is 0 Å². The van der Waals surface area contributed by atoms with Crippen molar-refractivity contribution >= 4 is 5.69 Å². The summed E-state index contributed by atoms with van der Waals surface area (Å²) in [6.45, 7) is 6.75. The van der Waals surface area contributed by atoms with Gasteiger partial charge in [-0.3, -0.25) is 0 Å². The number of rotatable bonds is 6. The molecule has 0 bridgehead atoms. The summed E-state index contributed by atoms with van der Waals surface area (Å²) in [7, 11) is 0. The Kier molecular flexibility index (Phi) is 5.48. The van der Waals surface area contributed by atoms with Gasteiger partial charge in [-0.1, -0.05) is 12.1 Å². The topological polar surface area (TPSA) is 50.5 Å². The number of nitrogens with zero attached hydrogens (tertiary/aromatic N) is 1. The lowest BCUT2D eigenvalue weighted by Crippen LogP contribution is -2.41. The van der Waals surface area contributed by atoms with E-state index in [1.807, 2.05) is 19.1 Å². The Bertz CT molecular complexity index is 375. The molecule has 106 valence electrons. The molecule has 4 nitrogen and oxygen atoms in total. The predicted octanol–water partition coefficient (Wildman–Crippen LogP) is 1.92. The largest absolute Gasteiger partial charge is 0.492 e. The Morgan fingerprint density at radius 2 is 2.05 bits per heavy atom. The number of nitrogens with two attached hydrogens (primary N) is 1. The number of anilines is 1. The maximum absolute atomic E-state index is 5.65. The molecule has 3 N–H and O–H groups in total. The van der Waals surface area contributed by atoms with Crippen molar-refractivity contribution in [1.29, 1.82) is 0 Å². The van der Waals surface area contributed by atoms with Crippen molar-refractivity contribution < 1.29 is 4.74 Å². The van der Waals surface area contributed by atoms with Crippen LogP contribution in [-0.4, -0.2) is 43.7 Å². The fourth-order valence-corrected chi connectivity index (χ4v) is 2.57. The van der Waals surface area contributed by atoms with Gasteiger partial charge in [-0.05, 0) is 31.9 Å². The number of para-hydroxylation sites is 2. The van der Waals surface area contributed by atoms with Gasteiger partial charge in [0.1, 0.15) is 5.75 Å². The molecule has 2 rings (SSSR count). The first-order valence-corrected chi connectivity index (χ1v) is 7.24. The fourth-order valence-electron chi connectivity index (χ4n) is 2.57. The van der Waals surface area contributed by atoms with Gasteiger partial charge in [0.25, 0.3) is 0 Å². The van der Waals surface area contributed by atoms with E-state index in [2.05, 4.69) is 22.3 Å². The van der Waals surface area contributed by atoms with E-state index in [1.54, 1.807) is 0 Å². The maximum Gasteiger partial charge on any atom is 0.142 e. The van der Waals surface area contributed by atoms with Gasteiger partial charge in [-0.2, -0.15) is 0 Å². The molecule has 0 saturated carbocycles. The number of likely N-dealkylation sites (tertiary alicyclic amines) is 1. The molecule has 0 unspecified atom stereocenters. The van der Waals surface area contributed by atoms with Crippen LogP contribution in [0.1, 0.15) is 19.8 Å². The zero-order chi connectivity index (χ0) is 13.5. The Hall–Kier alpha value is -1.26. The van der Waals surface area contributed by atoms with Crippen molar-refractivity contribution in [2.24, 2.45) is 5.73 Å². The Morgan fingerprint density at radius 3 is 2.74 bits per heavy atom. The number of hydrogen-bond donors (Lipinski definition) is 2. The Labute approximate surface area is 115 Å². The highest BCUT2D eigenvalue weighted by atomic mass is 16.5. The van der Waals surface area contributed by atoms with Crippen LogP contribution in [0, 0.1) is 0 Å². The molecule has 0 amide bonds. The summed E-state index contributed by atoms with van der Waals surface area (Å²) in [5.41, 5.74) is 6.71. The van der Waals surface area contributed by atoms with Gasteiger partial charge in [0, 0.05) is 32.2 Å². The molecular formula is C15H25N3O. The fraction of sp³-hybridized carbons (Fsp3) is 0.600. The van der Waals surface area contributed by atoms with Gasteiger partial charge < -0.3 is 20.7 Å². The van der Waals surface area contributed by atoms with Gasteiger partial charge >= 0.3 is 0 Å². The SMILES string of the molecule is CCOc1ccccc1NC1CCN(CCN)CC1. The highest BCUT2D eigenvalue weighted by Gasteiger charge is 2.19. The smallest absolute Gasteiger partial charge is 0.142 e. The number of piperidine rings is 1. The highest BCUT2D eigenvalue weighted by molar-refractivity contribution is 5.56. The molecule has 1 fully saturated rings. The van der Waals surface area contributed by atoms with Crippen LogP contribution in [0.4, 0.5) is 5.69 Å². The van der Waals surface area contributed by atoms with E-state index in [1.165, 1.54) is 12.8 Å². The standard InChI is InChI=1S/C15H25N3O/c1-2-19-15-6-4-3-5-14(15)17-13-7-10-18(11-8-13)12-9-16/h3-6,13,17H,2,7-12,16H2,1H3. The van der Waals surface area contributed by atoms with E-state index in [0.29, 0.717) is 12.6 Å². The monoisotopic (exact) mass is 263 g/mol. The molecule has 1 saturated heterocycles. The molecule has 0 radical (unpaired) electrons. The normalized spacial score (nSPS) is 17.4. The first-order valence-electron chi connectivity index (χ1n) is 7.24. The van der Waals surface area contributed by atoms with Gasteiger partial charge in [-0.15, -0.1) is 0 Å². The average Bonchev–Trinajstić information content (AvgIpc) is 2.44. The molecule has 0 aliphatic carbocycles. The summed E-state index contributed by atoms with van der Waals surface area (Å²) in [5.74, 6) is 0.953. The lowest BCUT2D eigenvalue weighted by molar-refractivity contribution is 0.224. The minimum Gasteiger partial charge on any atom is -0.492 e. The average molecular weight is 263 g/mol. The zero-order valence-corrected chi connectivity index (χ0v) is 11.8. The molecule has 0 spiro atoms. The van der Waals surface area contributed by atoms with Crippen molar-refractivity contribution in [3.05, 3.63) is 24.3 Å². The summed E-state index contributed by atoms with van der Waals surface area (Å²) in [5, 5.41) is 3.61. The summed E-state index contributed by atoms with van der Waals surface area (Å²) in [6, 6.07) is 8.72. The second kappa shape index (κ2) is 7.36. The van der Waals surface area contributed by atoms with Crippen LogP contribution in [0.15, 0.2) is 24.3 Å². The minimum absolute atomic E-state index is 0.538. The minimum atomic E-state index is 0.538. The molecule has 1 aromatic rings. The van der Waals surface area contributed by atoms with E-state index in [-0.39, 0.29) is 0 Å². The van der Waals surface area contributed by atoms with Crippen LogP contribution in [0.5, 0.6) is 5.75 Å². The lowest BCUT2D eigenvalue weighted by Gasteiger charge is -2.32. The third-order valence-electron chi connectivity index (χ3n) is 3.58. The molecule has 1 aliphatic heterocycles. The molecule has 4 heteroatoms. The predicted molar refractivity (Wildman–Crippen MR) is 79.8 cm³/mol. The molecule has 0 aromatic heterocycles. The van der Waals surface area contributed by atoms with Crippen molar-refractivity contribution in [1.82, 2.24) is 4.90 Å². The molecule has 1 heterocycles. The van der Waals surface area contributed by atoms with Crippen LogP contribution in [0.3, 0.4) is 0 Å². The van der Waals surface area contributed by atoms with Crippen molar-refractivity contribution in [2.75, 3.05) is 38.1 Å². The first kappa shape index (κ1) is 14.2. The van der Waals surface area contributed by atoms with Crippen LogP contribution in [0.25, 0.3) is 0 Å². The third kappa shape index (κ3) is 4.11. The molecule has 0 atom stereocenters. The van der Waals surface area contributed by atoms with Crippen LogP contribution < -0.4 is 15.8 Å². The van der Waals surface area contributed by atoms with Crippen molar-refractivity contribution in [3.8, 4) is 5.75 Å². The van der Waals surface area contributed by atoms with E-state index in [9.17, 15) is 0 Å². The zero-order valence-electron chi connectivity index (χ0n) is 11.8. The number of hydrogen-bond acceptors (Lipinski definition) is 4. The summed E-state index contributed by atoms with van der Waals surface area (Å²) < 4.78 is 5.65. The Balaban J connectivity index is 1.88. The molecule has 1 aromatic carbocycles. The number of ether oxygens (including phenoxy) is 1. The van der Waals surface area contributed by atoms with Crippen molar-refractivity contribution in [3.63, 3.8) is 0 Å². The summed E-state index contributed by atoms with van der Waals surface area (Å²) in [4.78, 5) is 2.44. The first-order chi connectivity index (χ1) is 9.33. The molecule has 1 aliphatic rings. The number of nitrogens with one attached hydrogen (secondary N) is 1. The van der Waals surface area contributed by atoms with E-state index >= 15 is 0 Å².